The molecule has 0 saturated carbocycles. The zero-order chi connectivity index (χ0) is 7.78. The van der Waals surface area contributed by atoms with Crippen molar-refractivity contribution in [3.05, 3.63) is 0 Å². The van der Waals surface area contributed by atoms with Gasteiger partial charge in [0.1, 0.15) is 11.7 Å². The average Bonchev–Trinajstić information content (AvgIpc) is 2.07. The Kier molecular flexibility index (Phi) is 1.64. The van der Waals surface area contributed by atoms with Gasteiger partial charge in [0, 0.05) is 7.05 Å². The molecule has 4 heteroatoms. The average molecular weight is 142 g/mol. The minimum absolute atomic E-state index is 0.0938. The summed E-state index contributed by atoms with van der Waals surface area (Å²) in [4.78, 5) is 0. The van der Waals surface area contributed by atoms with Gasteiger partial charge in [0.25, 0.3) is 0 Å². The fraction of sp³-hybridized carbons (Fsp3) is 1.00. The Balaban J connectivity index is 2.72. The van der Waals surface area contributed by atoms with Crippen molar-refractivity contribution in [1.82, 2.24) is 10.3 Å². The lowest BCUT2D eigenvalue weighted by Gasteiger charge is -2.26. The molecule has 10 heavy (non-hydrogen) atoms. The minimum atomic E-state index is -0.0938. The van der Waals surface area contributed by atoms with Crippen LogP contribution in [-0.2, 0) is 0 Å². The second kappa shape index (κ2) is 2.20. The number of nitrogens with zero attached hydrogens (tertiary/aromatic N) is 3. The van der Waals surface area contributed by atoms with Gasteiger partial charge in [-0.15, -0.1) is 0 Å². The van der Waals surface area contributed by atoms with Crippen LogP contribution in [0, 0.1) is 0 Å². The quantitative estimate of drug-likeness (QED) is 0.583. The highest BCUT2D eigenvalue weighted by atomic mass is 15.6. The van der Waals surface area contributed by atoms with Gasteiger partial charge in [-0.25, -0.2) is 0 Å². The van der Waals surface area contributed by atoms with Crippen molar-refractivity contribution in [3.8, 4) is 0 Å². The third kappa shape index (κ3) is 0.988. The molecule has 0 saturated heterocycles. The molecule has 1 unspecified atom stereocenters. The predicted octanol–water partition coefficient (Wildman–Crippen LogP) is 0.623. The molecule has 0 aromatic heterocycles. The molecule has 0 radical (unpaired) electrons. The fourth-order valence-corrected chi connectivity index (χ4v) is 1.29. The van der Waals surface area contributed by atoms with Crippen LogP contribution in [0.3, 0.4) is 0 Å². The van der Waals surface area contributed by atoms with E-state index in [2.05, 4.69) is 29.5 Å². The molecular formula is C6H14N4. The molecule has 0 fully saturated rings. The molecular weight excluding hydrogens is 128 g/mol. The van der Waals surface area contributed by atoms with Crippen LogP contribution < -0.4 is 5.32 Å². The molecule has 1 aliphatic rings. The van der Waals surface area contributed by atoms with Crippen LogP contribution in [0.2, 0.25) is 0 Å². The zero-order valence-electron chi connectivity index (χ0n) is 6.92. The molecule has 58 valence electrons. The van der Waals surface area contributed by atoms with Crippen molar-refractivity contribution in [3.63, 3.8) is 0 Å². The molecule has 0 spiro atoms. The van der Waals surface area contributed by atoms with E-state index in [0.717, 1.165) is 0 Å². The first kappa shape index (κ1) is 7.47. The van der Waals surface area contributed by atoms with E-state index in [0.29, 0.717) is 0 Å². The van der Waals surface area contributed by atoms with Gasteiger partial charge in [-0.3, -0.25) is 10.3 Å². The van der Waals surface area contributed by atoms with Gasteiger partial charge in [-0.05, 0) is 20.9 Å². The van der Waals surface area contributed by atoms with Gasteiger partial charge in [0.15, 0.2) is 0 Å². The molecule has 0 aliphatic carbocycles. The van der Waals surface area contributed by atoms with Crippen molar-refractivity contribution in [1.29, 1.82) is 0 Å². The molecule has 0 aromatic rings. The number of rotatable bonds is 1. The monoisotopic (exact) mass is 142 g/mol. The van der Waals surface area contributed by atoms with Crippen LogP contribution in [0.1, 0.15) is 13.8 Å². The summed E-state index contributed by atoms with van der Waals surface area (Å²) in [6.07, 6.45) is 0.229. The maximum Gasteiger partial charge on any atom is 0.124 e. The van der Waals surface area contributed by atoms with E-state index >= 15 is 0 Å². The molecule has 1 N–H and O–H groups in total. The van der Waals surface area contributed by atoms with E-state index in [9.17, 15) is 0 Å². The van der Waals surface area contributed by atoms with Crippen LogP contribution in [0.15, 0.2) is 10.3 Å². The number of likely N-dealkylation sites (N-methyl/N-ethyl adjacent to an activating group) is 2. The molecule has 4 nitrogen and oxygen atoms in total. The Morgan fingerprint density at radius 3 is 2.30 bits per heavy atom. The summed E-state index contributed by atoms with van der Waals surface area (Å²) >= 11 is 0. The number of hydrogen-bond acceptors (Lipinski definition) is 4. The summed E-state index contributed by atoms with van der Waals surface area (Å²) in [5.74, 6) is 0. The van der Waals surface area contributed by atoms with Crippen molar-refractivity contribution < 1.29 is 0 Å². The van der Waals surface area contributed by atoms with Gasteiger partial charge in [-0.2, -0.15) is 5.11 Å². The summed E-state index contributed by atoms with van der Waals surface area (Å²) in [7, 11) is 3.83. The largest absolute Gasteiger partial charge is 0.297 e. The summed E-state index contributed by atoms with van der Waals surface area (Å²) in [6.45, 7) is 4.11. The zero-order valence-corrected chi connectivity index (χ0v) is 6.92. The third-order valence-corrected chi connectivity index (χ3v) is 1.76. The molecule has 1 rings (SSSR count). The van der Waals surface area contributed by atoms with Gasteiger partial charge >= 0.3 is 0 Å². The topological polar surface area (TPSA) is 40.0 Å². The van der Waals surface area contributed by atoms with E-state index in [4.69, 9.17) is 0 Å². The molecule has 0 bridgehead atoms. The Morgan fingerprint density at radius 2 is 2.10 bits per heavy atom. The van der Waals surface area contributed by atoms with Gasteiger partial charge in [0.05, 0.1) is 0 Å². The summed E-state index contributed by atoms with van der Waals surface area (Å²) in [6, 6.07) is 0. The summed E-state index contributed by atoms with van der Waals surface area (Å²) in [5, 5.41) is 13.0. The SMILES string of the molecule is CNC1N(C)N=NC1(C)C. The van der Waals surface area contributed by atoms with Crippen molar-refractivity contribution in [2.24, 2.45) is 10.3 Å². The second-order valence-electron chi connectivity index (χ2n) is 3.11. The maximum absolute atomic E-state index is 4.09. The predicted molar refractivity (Wildman–Crippen MR) is 39.5 cm³/mol. The molecule has 1 heterocycles. The first-order valence-corrected chi connectivity index (χ1v) is 3.41. The Bertz CT molecular complexity index is 152. The van der Waals surface area contributed by atoms with Crippen LogP contribution in [0.5, 0.6) is 0 Å². The van der Waals surface area contributed by atoms with Crippen LogP contribution in [-0.4, -0.2) is 30.8 Å². The van der Waals surface area contributed by atoms with E-state index < -0.39 is 0 Å². The highest BCUT2D eigenvalue weighted by Crippen LogP contribution is 2.23. The number of hydrogen-bond donors (Lipinski definition) is 1. The van der Waals surface area contributed by atoms with Crippen LogP contribution in [0.4, 0.5) is 0 Å². The second-order valence-corrected chi connectivity index (χ2v) is 3.11. The van der Waals surface area contributed by atoms with Gasteiger partial charge < -0.3 is 0 Å². The molecule has 1 atom stereocenters. The molecule has 1 aliphatic heterocycles. The Labute approximate surface area is 61.3 Å². The lowest BCUT2D eigenvalue weighted by atomic mass is 10.0. The van der Waals surface area contributed by atoms with Crippen LogP contribution in [0.25, 0.3) is 0 Å². The highest BCUT2D eigenvalue weighted by Gasteiger charge is 2.36. The summed E-state index contributed by atoms with van der Waals surface area (Å²) < 4.78 is 0. The third-order valence-electron chi connectivity index (χ3n) is 1.76. The Morgan fingerprint density at radius 1 is 1.50 bits per heavy atom. The van der Waals surface area contributed by atoms with Gasteiger partial charge in [0.2, 0.25) is 0 Å². The van der Waals surface area contributed by atoms with Crippen molar-refractivity contribution in [2.45, 2.75) is 25.6 Å². The first-order chi connectivity index (χ1) is 4.58. The van der Waals surface area contributed by atoms with Crippen molar-refractivity contribution >= 4 is 0 Å². The van der Waals surface area contributed by atoms with E-state index in [1.54, 1.807) is 0 Å². The lowest BCUT2D eigenvalue weighted by molar-refractivity contribution is 0.204. The van der Waals surface area contributed by atoms with Crippen molar-refractivity contribution in [2.75, 3.05) is 14.1 Å². The lowest BCUT2D eigenvalue weighted by Crippen LogP contribution is -2.48. The number of nitrogens with one attached hydrogen (secondary N) is 1. The fourth-order valence-electron chi connectivity index (χ4n) is 1.29. The normalized spacial score (nSPS) is 29.6. The van der Waals surface area contributed by atoms with E-state index in [-0.39, 0.29) is 11.7 Å². The maximum atomic E-state index is 4.09. The van der Waals surface area contributed by atoms with Gasteiger partial charge in [-0.1, -0.05) is 5.22 Å². The molecule has 0 amide bonds. The molecule has 0 aromatic carbocycles. The van der Waals surface area contributed by atoms with E-state index in [1.165, 1.54) is 0 Å². The Hall–Kier alpha value is -0.640. The van der Waals surface area contributed by atoms with E-state index in [1.807, 2.05) is 19.1 Å². The smallest absolute Gasteiger partial charge is 0.124 e. The highest BCUT2D eigenvalue weighted by molar-refractivity contribution is 4.90. The first-order valence-electron chi connectivity index (χ1n) is 3.41. The minimum Gasteiger partial charge on any atom is -0.297 e. The summed E-state index contributed by atoms with van der Waals surface area (Å²) in [5.41, 5.74) is -0.0938. The standard InChI is InChI=1S/C6H14N4/c1-6(2)5(7-3)10(4)9-8-6/h5,7H,1-4H3. The van der Waals surface area contributed by atoms with Crippen LogP contribution >= 0.6 is 0 Å².